The monoisotopic (exact) mass is 361 g/mol. The largest absolute Gasteiger partial charge is 0.474 e. The first-order chi connectivity index (χ1) is 10.4. The van der Waals surface area contributed by atoms with Gasteiger partial charge in [-0.2, -0.15) is 0 Å². The van der Waals surface area contributed by atoms with Crippen molar-refractivity contribution in [2.75, 3.05) is 10.6 Å². The second-order valence-corrected chi connectivity index (χ2v) is 6.60. The summed E-state index contributed by atoms with van der Waals surface area (Å²) in [7, 11) is 0. The summed E-state index contributed by atoms with van der Waals surface area (Å²) in [5.74, 6) is 1.25. The number of anilines is 2. The van der Waals surface area contributed by atoms with Crippen LogP contribution in [-0.2, 0) is 11.3 Å². The molecule has 114 valence electrons. The Kier molecular flexibility index (Phi) is 3.56. The Bertz CT molecular complexity index is 729. The van der Waals surface area contributed by atoms with Gasteiger partial charge in [0, 0.05) is 4.47 Å². The third-order valence-electron chi connectivity index (χ3n) is 3.50. The Morgan fingerprint density at radius 3 is 2.59 bits per heavy atom. The van der Waals surface area contributed by atoms with Gasteiger partial charge in [0.1, 0.15) is 5.82 Å². The standard InChI is InChI=1S/C16H16BrN3O2/c1-16(2)15(21)20(9-10-3-5-11(17)6-4-10)14-12(22-16)7-8-13(18)19-14/h3-8H,9H2,1-2H3,(H2,18,19). The van der Waals surface area contributed by atoms with E-state index in [0.29, 0.717) is 23.9 Å². The number of carbonyl (C=O) groups excluding carboxylic acids is 1. The number of hydrogen-bond acceptors (Lipinski definition) is 4. The molecule has 1 aliphatic rings. The van der Waals surface area contributed by atoms with E-state index in [1.807, 2.05) is 24.3 Å². The molecule has 1 amide bonds. The summed E-state index contributed by atoms with van der Waals surface area (Å²) in [5, 5.41) is 0. The Morgan fingerprint density at radius 1 is 1.23 bits per heavy atom. The van der Waals surface area contributed by atoms with Crippen LogP contribution in [0.1, 0.15) is 19.4 Å². The smallest absolute Gasteiger partial charge is 0.272 e. The molecule has 6 heteroatoms. The SMILES string of the molecule is CC1(C)Oc2ccc(N)nc2N(Cc2ccc(Br)cc2)C1=O. The van der Waals surface area contributed by atoms with Gasteiger partial charge in [0.15, 0.2) is 17.2 Å². The number of hydrogen-bond donors (Lipinski definition) is 1. The quantitative estimate of drug-likeness (QED) is 0.891. The number of fused-ring (bicyclic) bond motifs is 1. The minimum Gasteiger partial charge on any atom is -0.474 e. The molecule has 2 heterocycles. The maximum absolute atomic E-state index is 12.7. The molecule has 0 saturated heterocycles. The molecule has 0 fully saturated rings. The molecule has 0 radical (unpaired) electrons. The molecule has 0 saturated carbocycles. The number of benzene rings is 1. The van der Waals surface area contributed by atoms with Gasteiger partial charge in [-0.15, -0.1) is 0 Å². The highest BCUT2D eigenvalue weighted by Crippen LogP contribution is 2.37. The van der Waals surface area contributed by atoms with Gasteiger partial charge < -0.3 is 10.5 Å². The lowest BCUT2D eigenvalue weighted by atomic mass is 10.0. The Hall–Kier alpha value is -2.08. The number of halogens is 1. The summed E-state index contributed by atoms with van der Waals surface area (Å²) < 4.78 is 6.75. The number of nitrogen functional groups attached to an aromatic ring is 1. The lowest BCUT2D eigenvalue weighted by Crippen LogP contribution is -2.52. The van der Waals surface area contributed by atoms with E-state index in [1.165, 1.54) is 0 Å². The molecule has 1 aromatic heterocycles. The van der Waals surface area contributed by atoms with E-state index in [9.17, 15) is 4.79 Å². The summed E-state index contributed by atoms with van der Waals surface area (Å²) in [6.45, 7) is 3.93. The molecule has 1 aliphatic heterocycles. The zero-order valence-corrected chi connectivity index (χ0v) is 13.9. The third-order valence-corrected chi connectivity index (χ3v) is 4.02. The van der Waals surface area contributed by atoms with Crippen LogP contribution in [-0.4, -0.2) is 16.5 Å². The third kappa shape index (κ3) is 2.66. The molecule has 0 bridgehead atoms. The highest BCUT2D eigenvalue weighted by molar-refractivity contribution is 9.10. The van der Waals surface area contributed by atoms with Gasteiger partial charge >= 0.3 is 0 Å². The Labute approximate surface area is 137 Å². The van der Waals surface area contributed by atoms with Crippen molar-refractivity contribution in [2.24, 2.45) is 0 Å². The van der Waals surface area contributed by atoms with Gasteiger partial charge in [-0.25, -0.2) is 4.98 Å². The zero-order valence-electron chi connectivity index (χ0n) is 12.3. The summed E-state index contributed by atoms with van der Waals surface area (Å²) in [5.41, 5.74) is 5.83. The first kappa shape index (κ1) is 14.8. The fourth-order valence-corrected chi connectivity index (χ4v) is 2.65. The maximum Gasteiger partial charge on any atom is 0.272 e. The molecule has 0 spiro atoms. The minimum atomic E-state index is -0.930. The Morgan fingerprint density at radius 2 is 1.91 bits per heavy atom. The lowest BCUT2D eigenvalue weighted by molar-refractivity contribution is -0.132. The van der Waals surface area contributed by atoms with Crippen LogP contribution in [0.5, 0.6) is 5.75 Å². The van der Waals surface area contributed by atoms with Crippen LogP contribution in [0.3, 0.4) is 0 Å². The van der Waals surface area contributed by atoms with Crippen LogP contribution in [0.4, 0.5) is 11.6 Å². The molecular weight excluding hydrogens is 346 g/mol. The van der Waals surface area contributed by atoms with Crippen molar-refractivity contribution in [3.8, 4) is 5.75 Å². The van der Waals surface area contributed by atoms with Gasteiger partial charge in [-0.1, -0.05) is 28.1 Å². The highest BCUT2D eigenvalue weighted by Gasteiger charge is 2.41. The second kappa shape index (κ2) is 5.28. The van der Waals surface area contributed by atoms with Crippen LogP contribution in [0.2, 0.25) is 0 Å². The van der Waals surface area contributed by atoms with E-state index in [4.69, 9.17) is 10.5 Å². The lowest BCUT2D eigenvalue weighted by Gasteiger charge is -2.38. The normalized spacial score (nSPS) is 16.1. The molecule has 22 heavy (non-hydrogen) atoms. The molecule has 0 aliphatic carbocycles. The number of nitrogens with zero attached hydrogens (tertiary/aromatic N) is 2. The van der Waals surface area contributed by atoms with Gasteiger partial charge in [0.25, 0.3) is 5.91 Å². The number of pyridine rings is 1. The van der Waals surface area contributed by atoms with Crippen molar-refractivity contribution in [2.45, 2.75) is 26.0 Å². The molecular formula is C16H16BrN3O2. The first-order valence-electron chi connectivity index (χ1n) is 6.89. The minimum absolute atomic E-state index is 0.138. The van der Waals surface area contributed by atoms with Crippen molar-refractivity contribution in [3.63, 3.8) is 0 Å². The van der Waals surface area contributed by atoms with Crippen molar-refractivity contribution in [1.82, 2.24) is 4.98 Å². The molecule has 5 nitrogen and oxygen atoms in total. The second-order valence-electron chi connectivity index (χ2n) is 5.69. The number of ether oxygens (including phenoxy) is 1. The van der Waals surface area contributed by atoms with Crippen LogP contribution >= 0.6 is 15.9 Å². The predicted molar refractivity (Wildman–Crippen MR) is 88.7 cm³/mol. The topological polar surface area (TPSA) is 68.5 Å². The highest BCUT2D eigenvalue weighted by atomic mass is 79.9. The molecule has 3 rings (SSSR count). The number of amides is 1. The van der Waals surface area contributed by atoms with E-state index in [-0.39, 0.29) is 5.91 Å². The Balaban J connectivity index is 2.02. The van der Waals surface area contributed by atoms with E-state index in [2.05, 4.69) is 20.9 Å². The number of carbonyl (C=O) groups is 1. The number of rotatable bonds is 2. The van der Waals surface area contributed by atoms with E-state index in [1.54, 1.807) is 30.9 Å². The average Bonchev–Trinajstić information content (AvgIpc) is 2.47. The first-order valence-corrected chi connectivity index (χ1v) is 7.68. The number of nitrogens with two attached hydrogens (primary N) is 1. The summed E-state index contributed by atoms with van der Waals surface area (Å²) >= 11 is 3.41. The fraction of sp³-hybridized carbons (Fsp3) is 0.250. The van der Waals surface area contributed by atoms with Crippen molar-refractivity contribution in [3.05, 3.63) is 46.4 Å². The van der Waals surface area contributed by atoms with Gasteiger partial charge in [-0.05, 0) is 43.7 Å². The van der Waals surface area contributed by atoms with E-state index < -0.39 is 5.60 Å². The van der Waals surface area contributed by atoms with Crippen molar-refractivity contribution in [1.29, 1.82) is 0 Å². The fourth-order valence-electron chi connectivity index (χ4n) is 2.38. The van der Waals surface area contributed by atoms with Crippen LogP contribution in [0, 0.1) is 0 Å². The average molecular weight is 362 g/mol. The van der Waals surface area contributed by atoms with E-state index >= 15 is 0 Å². The maximum atomic E-state index is 12.7. The molecule has 1 aromatic carbocycles. The predicted octanol–water partition coefficient (Wildman–Crippen LogP) is 3.13. The summed E-state index contributed by atoms with van der Waals surface area (Å²) in [6.07, 6.45) is 0. The zero-order chi connectivity index (χ0) is 15.9. The van der Waals surface area contributed by atoms with Crippen LogP contribution in [0.25, 0.3) is 0 Å². The van der Waals surface area contributed by atoms with Crippen LogP contribution in [0.15, 0.2) is 40.9 Å². The van der Waals surface area contributed by atoms with Crippen molar-refractivity contribution >= 4 is 33.5 Å². The van der Waals surface area contributed by atoms with Crippen molar-refractivity contribution < 1.29 is 9.53 Å². The molecule has 0 atom stereocenters. The van der Waals surface area contributed by atoms with Crippen LogP contribution < -0.4 is 15.4 Å². The van der Waals surface area contributed by atoms with Gasteiger partial charge in [0.05, 0.1) is 6.54 Å². The molecule has 0 unspecified atom stereocenters. The summed E-state index contributed by atoms with van der Waals surface area (Å²) in [6, 6.07) is 11.2. The molecule has 2 N–H and O–H groups in total. The van der Waals surface area contributed by atoms with Gasteiger partial charge in [0.2, 0.25) is 0 Å². The van der Waals surface area contributed by atoms with E-state index in [0.717, 1.165) is 10.0 Å². The number of aromatic nitrogens is 1. The molecule has 2 aromatic rings. The van der Waals surface area contributed by atoms with Gasteiger partial charge in [-0.3, -0.25) is 9.69 Å². The summed E-state index contributed by atoms with van der Waals surface area (Å²) in [4.78, 5) is 18.6.